The molecular formula is C23H31N3O. The fourth-order valence-corrected chi connectivity index (χ4v) is 3.71. The number of aryl methyl sites for hydroxylation is 2. The lowest BCUT2D eigenvalue weighted by Gasteiger charge is -2.36. The Hall–Kier alpha value is -2.17. The topological polar surface area (TPSA) is 35.6 Å². The van der Waals surface area contributed by atoms with E-state index in [0.29, 0.717) is 12.5 Å². The fourth-order valence-electron chi connectivity index (χ4n) is 3.71. The molecule has 27 heavy (non-hydrogen) atoms. The first-order valence-electron chi connectivity index (χ1n) is 9.75. The van der Waals surface area contributed by atoms with E-state index in [-0.39, 0.29) is 5.91 Å². The largest absolute Gasteiger partial charge is 0.326 e. The monoisotopic (exact) mass is 365 g/mol. The molecule has 0 radical (unpaired) electrons. The van der Waals surface area contributed by atoms with Gasteiger partial charge in [-0.15, -0.1) is 0 Å². The van der Waals surface area contributed by atoms with Crippen molar-refractivity contribution in [3.8, 4) is 0 Å². The van der Waals surface area contributed by atoms with Gasteiger partial charge >= 0.3 is 0 Å². The van der Waals surface area contributed by atoms with Crippen LogP contribution in [0.15, 0.2) is 42.5 Å². The minimum absolute atomic E-state index is 0.0763. The Morgan fingerprint density at radius 3 is 2.63 bits per heavy atom. The Labute approximate surface area is 163 Å². The molecule has 2 aromatic rings. The summed E-state index contributed by atoms with van der Waals surface area (Å²) in [4.78, 5) is 17.0. The zero-order valence-corrected chi connectivity index (χ0v) is 17.0. The van der Waals surface area contributed by atoms with Crippen LogP contribution in [0.4, 0.5) is 5.69 Å². The summed E-state index contributed by atoms with van der Waals surface area (Å²) in [6.45, 7) is 6.89. The van der Waals surface area contributed by atoms with Crippen LogP contribution in [0.3, 0.4) is 0 Å². The maximum Gasteiger partial charge on any atom is 0.225 e. The summed E-state index contributed by atoms with van der Waals surface area (Å²) in [6, 6.07) is 15.3. The molecule has 1 aliphatic heterocycles. The van der Waals surface area contributed by atoms with Crippen LogP contribution in [0.2, 0.25) is 0 Å². The predicted octanol–water partition coefficient (Wildman–Crippen LogP) is 3.62. The lowest BCUT2D eigenvalue weighted by Crippen LogP contribution is -2.45. The van der Waals surface area contributed by atoms with Crippen LogP contribution in [0.5, 0.6) is 0 Å². The highest BCUT2D eigenvalue weighted by Gasteiger charge is 2.24. The number of fused-ring (bicyclic) bond motifs is 1. The minimum Gasteiger partial charge on any atom is -0.326 e. The standard InChI is InChI=1S/C23H31N3O/c1-17-9-10-21(13-18(17)2)24-23(27)11-12-25(3)16-22-14-19-7-5-6-8-20(19)15-26(22)4/h5-10,13,22H,11-12,14-16H2,1-4H3,(H,24,27). The molecule has 0 saturated heterocycles. The van der Waals surface area contributed by atoms with Crippen molar-refractivity contribution >= 4 is 11.6 Å². The van der Waals surface area contributed by atoms with E-state index in [1.54, 1.807) is 0 Å². The highest BCUT2D eigenvalue weighted by Crippen LogP contribution is 2.22. The number of likely N-dealkylation sites (N-methyl/N-ethyl adjacent to an activating group) is 2. The van der Waals surface area contributed by atoms with Crippen LogP contribution in [0, 0.1) is 13.8 Å². The summed E-state index contributed by atoms with van der Waals surface area (Å²) < 4.78 is 0. The Balaban J connectivity index is 1.47. The second-order valence-corrected chi connectivity index (χ2v) is 7.90. The van der Waals surface area contributed by atoms with E-state index in [2.05, 4.69) is 67.3 Å². The van der Waals surface area contributed by atoms with Gasteiger partial charge in [0.1, 0.15) is 0 Å². The van der Waals surface area contributed by atoms with Crippen LogP contribution in [0.1, 0.15) is 28.7 Å². The Morgan fingerprint density at radius 1 is 1.15 bits per heavy atom. The number of nitrogens with one attached hydrogen (secondary N) is 1. The van der Waals surface area contributed by atoms with Crippen molar-refractivity contribution in [3.63, 3.8) is 0 Å². The molecule has 1 atom stereocenters. The third kappa shape index (κ3) is 5.18. The average Bonchev–Trinajstić information content (AvgIpc) is 2.64. The first-order valence-corrected chi connectivity index (χ1v) is 9.75. The molecule has 1 amide bonds. The van der Waals surface area contributed by atoms with Crippen molar-refractivity contribution in [3.05, 3.63) is 64.7 Å². The molecule has 4 nitrogen and oxygen atoms in total. The van der Waals surface area contributed by atoms with Gasteiger partial charge in [0.2, 0.25) is 5.91 Å². The molecule has 1 aliphatic rings. The Morgan fingerprint density at radius 2 is 1.89 bits per heavy atom. The van der Waals surface area contributed by atoms with Gasteiger partial charge in [0, 0.05) is 37.8 Å². The first kappa shape index (κ1) is 19.6. The summed E-state index contributed by atoms with van der Waals surface area (Å²) in [5, 5.41) is 3.01. The number of hydrogen-bond acceptors (Lipinski definition) is 3. The molecule has 2 aromatic carbocycles. The number of amides is 1. The second kappa shape index (κ2) is 8.68. The average molecular weight is 366 g/mol. The molecule has 144 valence electrons. The van der Waals surface area contributed by atoms with Gasteiger partial charge in [-0.05, 0) is 68.8 Å². The quantitative estimate of drug-likeness (QED) is 0.849. The summed E-state index contributed by atoms with van der Waals surface area (Å²) >= 11 is 0. The van der Waals surface area contributed by atoms with E-state index in [1.165, 1.54) is 22.3 Å². The number of hydrogen-bond donors (Lipinski definition) is 1. The molecular weight excluding hydrogens is 334 g/mol. The van der Waals surface area contributed by atoms with Crippen LogP contribution >= 0.6 is 0 Å². The summed E-state index contributed by atoms with van der Waals surface area (Å²) in [6.07, 6.45) is 1.59. The predicted molar refractivity (Wildman–Crippen MR) is 112 cm³/mol. The third-order valence-electron chi connectivity index (χ3n) is 5.65. The van der Waals surface area contributed by atoms with Gasteiger partial charge in [-0.2, -0.15) is 0 Å². The maximum atomic E-state index is 12.3. The summed E-state index contributed by atoms with van der Waals surface area (Å²) in [5.74, 6) is 0.0763. The van der Waals surface area contributed by atoms with Gasteiger partial charge in [-0.25, -0.2) is 0 Å². The molecule has 3 rings (SSSR count). The van der Waals surface area contributed by atoms with E-state index in [1.807, 2.05) is 18.2 Å². The zero-order valence-electron chi connectivity index (χ0n) is 17.0. The number of carbonyl (C=O) groups excluding carboxylic acids is 1. The third-order valence-corrected chi connectivity index (χ3v) is 5.65. The molecule has 0 spiro atoms. The van der Waals surface area contributed by atoms with Gasteiger partial charge in [0.05, 0.1) is 0 Å². The molecule has 1 unspecified atom stereocenters. The van der Waals surface area contributed by atoms with Gasteiger partial charge < -0.3 is 10.2 Å². The van der Waals surface area contributed by atoms with Crippen LogP contribution < -0.4 is 5.32 Å². The van der Waals surface area contributed by atoms with E-state index in [4.69, 9.17) is 0 Å². The zero-order chi connectivity index (χ0) is 19.4. The number of anilines is 1. The Kier molecular flexibility index (Phi) is 6.30. The van der Waals surface area contributed by atoms with E-state index in [9.17, 15) is 4.79 Å². The normalized spacial score (nSPS) is 17.0. The maximum absolute atomic E-state index is 12.3. The lowest BCUT2D eigenvalue weighted by molar-refractivity contribution is -0.116. The van der Waals surface area contributed by atoms with Crippen molar-refractivity contribution < 1.29 is 4.79 Å². The van der Waals surface area contributed by atoms with Crippen molar-refractivity contribution in [1.82, 2.24) is 9.80 Å². The highest BCUT2D eigenvalue weighted by molar-refractivity contribution is 5.90. The number of benzene rings is 2. The molecule has 1 N–H and O–H groups in total. The first-order chi connectivity index (χ1) is 12.9. The lowest BCUT2D eigenvalue weighted by atomic mass is 9.94. The molecule has 0 aliphatic carbocycles. The number of carbonyl (C=O) groups is 1. The van der Waals surface area contributed by atoms with E-state index < -0.39 is 0 Å². The molecule has 0 bridgehead atoms. The van der Waals surface area contributed by atoms with E-state index >= 15 is 0 Å². The molecule has 0 aromatic heterocycles. The Bertz CT molecular complexity index is 802. The van der Waals surface area contributed by atoms with Gasteiger partial charge in [-0.1, -0.05) is 30.3 Å². The molecule has 1 heterocycles. The van der Waals surface area contributed by atoms with Gasteiger partial charge in [0.15, 0.2) is 0 Å². The molecule has 4 heteroatoms. The van der Waals surface area contributed by atoms with Crippen LogP contribution in [0.25, 0.3) is 0 Å². The van der Waals surface area contributed by atoms with Crippen LogP contribution in [-0.4, -0.2) is 48.9 Å². The summed E-state index contributed by atoms with van der Waals surface area (Å²) in [7, 11) is 4.30. The highest BCUT2D eigenvalue weighted by atomic mass is 16.1. The fraction of sp³-hybridized carbons (Fsp3) is 0.435. The second-order valence-electron chi connectivity index (χ2n) is 7.90. The van der Waals surface area contributed by atoms with Crippen molar-refractivity contribution in [2.75, 3.05) is 32.5 Å². The van der Waals surface area contributed by atoms with Crippen molar-refractivity contribution in [2.45, 2.75) is 39.3 Å². The molecule has 0 saturated carbocycles. The molecule has 0 fully saturated rings. The number of nitrogens with zero attached hydrogens (tertiary/aromatic N) is 2. The minimum atomic E-state index is 0.0763. The van der Waals surface area contributed by atoms with Crippen molar-refractivity contribution in [2.24, 2.45) is 0 Å². The number of rotatable bonds is 6. The smallest absolute Gasteiger partial charge is 0.225 e. The van der Waals surface area contributed by atoms with E-state index in [0.717, 1.165) is 31.7 Å². The van der Waals surface area contributed by atoms with Crippen LogP contribution in [-0.2, 0) is 17.8 Å². The SMILES string of the molecule is Cc1ccc(NC(=O)CCN(C)CC2Cc3ccccc3CN2C)cc1C. The van der Waals surface area contributed by atoms with Crippen molar-refractivity contribution in [1.29, 1.82) is 0 Å². The van der Waals surface area contributed by atoms with Gasteiger partial charge in [-0.3, -0.25) is 9.69 Å². The summed E-state index contributed by atoms with van der Waals surface area (Å²) in [5.41, 5.74) is 6.22. The van der Waals surface area contributed by atoms with Gasteiger partial charge in [0.25, 0.3) is 0 Å².